The van der Waals surface area contributed by atoms with Crippen molar-refractivity contribution in [2.24, 2.45) is 7.05 Å². The summed E-state index contributed by atoms with van der Waals surface area (Å²) in [5.41, 5.74) is -0.289. The molecule has 3 heterocycles. The van der Waals surface area contributed by atoms with Crippen molar-refractivity contribution < 1.29 is 0 Å². The fourth-order valence-electron chi connectivity index (χ4n) is 1.61. The van der Waals surface area contributed by atoms with E-state index in [-0.39, 0.29) is 17.0 Å². The fraction of sp³-hybridized carbons (Fsp3) is 0.0909. The summed E-state index contributed by atoms with van der Waals surface area (Å²) in [5, 5.41) is 7.68. The van der Waals surface area contributed by atoms with Crippen molar-refractivity contribution >= 4 is 11.2 Å². The molecule has 19 heavy (non-hydrogen) atoms. The summed E-state index contributed by atoms with van der Waals surface area (Å²) >= 11 is 0. The second kappa shape index (κ2) is 4.09. The third-order valence-corrected chi connectivity index (χ3v) is 2.64. The molecule has 0 aliphatic heterocycles. The fourth-order valence-corrected chi connectivity index (χ4v) is 1.61. The van der Waals surface area contributed by atoms with Gasteiger partial charge in [-0.25, -0.2) is 9.78 Å². The first-order chi connectivity index (χ1) is 9.16. The van der Waals surface area contributed by atoms with Crippen LogP contribution >= 0.6 is 0 Å². The van der Waals surface area contributed by atoms with Gasteiger partial charge in [-0.15, -0.1) is 10.2 Å². The smallest absolute Gasteiger partial charge is 0.288 e. The second-order valence-electron chi connectivity index (χ2n) is 3.87. The number of nitrogens with one attached hydrogen (secondary N) is 1. The maximum atomic E-state index is 11.9. The molecule has 0 aliphatic carbocycles. The second-order valence-corrected chi connectivity index (χ2v) is 3.87. The van der Waals surface area contributed by atoms with Gasteiger partial charge in [0.2, 0.25) is 0 Å². The Morgan fingerprint density at radius 1 is 1.26 bits per heavy atom. The Morgan fingerprint density at radius 3 is 2.84 bits per heavy atom. The first-order valence-electron chi connectivity index (χ1n) is 5.41. The van der Waals surface area contributed by atoms with Gasteiger partial charge in [-0.1, -0.05) is 0 Å². The van der Waals surface area contributed by atoms with Crippen LogP contribution < -0.4 is 11.2 Å². The largest absolute Gasteiger partial charge is 0.329 e. The Hall–Kier alpha value is -2.90. The van der Waals surface area contributed by atoms with Crippen molar-refractivity contribution in [3.05, 3.63) is 45.4 Å². The molecule has 1 N–H and O–H groups in total. The molecule has 8 nitrogen and oxygen atoms in total. The minimum absolute atomic E-state index is 0.0657. The summed E-state index contributed by atoms with van der Waals surface area (Å²) < 4.78 is 0.935. The summed E-state index contributed by atoms with van der Waals surface area (Å²) in [7, 11) is 1.37. The number of fused-ring (bicyclic) bond motifs is 1. The van der Waals surface area contributed by atoms with Crippen molar-refractivity contribution in [1.82, 2.24) is 29.7 Å². The summed E-state index contributed by atoms with van der Waals surface area (Å²) in [5.74, 6) is 0.282. The van der Waals surface area contributed by atoms with E-state index in [0.717, 1.165) is 4.57 Å². The lowest BCUT2D eigenvalue weighted by Gasteiger charge is -2.01. The Labute approximate surface area is 105 Å². The third kappa shape index (κ3) is 1.79. The van der Waals surface area contributed by atoms with Gasteiger partial charge in [-0.2, -0.15) is 0 Å². The average molecular weight is 256 g/mol. The normalized spacial score (nSPS) is 10.8. The molecule has 0 amide bonds. The highest BCUT2D eigenvalue weighted by atomic mass is 16.2. The number of aromatic amines is 1. The van der Waals surface area contributed by atoms with Gasteiger partial charge in [0, 0.05) is 25.0 Å². The molecule has 8 heteroatoms. The Morgan fingerprint density at radius 2 is 2.11 bits per heavy atom. The molecule has 0 fully saturated rings. The number of H-pyrrole nitrogens is 1. The number of rotatable bonds is 1. The van der Waals surface area contributed by atoms with Crippen molar-refractivity contribution in [3.63, 3.8) is 0 Å². The van der Waals surface area contributed by atoms with Crippen molar-refractivity contribution in [2.45, 2.75) is 0 Å². The molecule has 0 unspecified atom stereocenters. The van der Waals surface area contributed by atoms with E-state index >= 15 is 0 Å². The lowest BCUT2D eigenvalue weighted by Crippen LogP contribution is -2.33. The van der Waals surface area contributed by atoms with Crippen LogP contribution in [0.5, 0.6) is 0 Å². The molecule has 3 aromatic rings. The zero-order valence-electron chi connectivity index (χ0n) is 9.86. The molecule has 0 radical (unpaired) electrons. The first kappa shape index (κ1) is 11.2. The van der Waals surface area contributed by atoms with Crippen LogP contribution in [0.1, 0.15) is 0 Å². The van der Waals surface area contributed by atoms with E-state index in [9.17, 15) is 9.59 Å². The maximum Gasteiger partial charge on any atom is 0.329 e. The van der Waals surface area contributed by atoms with Crippen LogP contribution in [0.4, 0.5) is 0 Å². The predicted molar refractivity (Wildman–Crippen MR) is 66.4 cm³/mol. The molecule has 0 aliphatic rings. The Kier molecular flexibility index (Phi) is 2.41. The molecule has 0 bridgehead atoms. The molecule has 3 rings (SSSR count). The zero-order valence-corrected chi connectivity index (χ0v) is 9.86. The van der Waals surface area contributed by atoms with Crippen molar-refractivity contribution in [1.29, 1.82) is 0 Å². The zero-order chi connectivity index (χ0) is 13.4. The minimum Gasteiger partial charge on any atom is -0.288 e. The molecule has 0 saturated carbocycles. The van der Waals surface area contributed by atoms with E-state index < -0.39 is 11.2 Å². The monoisotopic (exact) mass is 256 g/mol. The van der Waals surface area contributed by atoms with Gasteiger partial charge in [0.15, 0.2) is 17.0 Å². The number of hydrogen-bond acceptors (Lipinski definition) is 6. The third-order valence-electron chi connectivity index (χ3n) is 2.64. The van der Waals surface area contributed by atoms with Crippen LogP contribution in [-0.2, 0) is 7.05 Å². The van der Waals surface area contributed by atoms with Crippen molar-refractivity contribution in [3.8, 4) is 11.4 Å². The molecular formula is C11H8N6O2. The van der Waals surface area contributed by atoms with E-state index in [1.807, 2.05) is 0 Å². The van der Waals surface area contributed by atoms with E-state index in [1.54, 1.807) is 24.5 Å². The highest BCUT2D eigenvalue weighted by Crippen LogP contribution is 2.12. The van der Waals surface area contributed by atoms with Gasteiger partial charge >= 0.3 is 5.69 Å². The van der Waals surface area contributed by atoms with E-state index in [4.69, 9.17) is 0 Å². The summed E-state index contributed by atoms with van der Waals surface area (Å²) in [4.78, 5) is 33.8. The van der Waals surface area contributed by atoms with E-state index in [1.165, 1.54) is 7.05 Å². The molecule has 0 spiro atoms. The van der Waals surface area contributed by atoms with Crippen LogP contribution in [0.3, 0.4) is 0 Å². The van der Waals surface area contributed by atoms with Gasteiger partial charge in [-0.3, -0.25) is 19.3 Å². The first-order valence-corrected chi connectivity index (χ1v) is 5.41. The number of hydrogen-bond donors (Lipinski definition) is 1. The Balaban J connectivity index is 2.33. The van der Waals surface area contributed by atoms with Crippen LogP contribution in [0.2, 0.25) is 0 Å². The van der Waals surface area contributed by atoms with Gasteiger partial charge < -0.3 is 0 Å². The van der Waals surface area contributed by atoms with Crippen LogP contribution in [-0.4, -0.2) is 29.7 Å². The molecule has 0 aromatic carbocycles. The van der Waals surface area contributed by atoms with E-state index in [2.05, 4.69) is 25.1 Å². The lowest BCUT2D eigenvalue weighted by atomic mass is 10.3. The van der Waals surface area contributed by atoms with Crippen LogP contribution in [0.15, 0.2) is 34.1 Å². The highest BCUT2D eigenvalue weighted by Gasteiger charge is 2.10. The average Bonchev–Trinajstić information content (AvgIpc) is 2.46. The molecule has 0 atom stereocenters. The SMILES string of the molecule is Cn1c(=O)[nH]c2nnc(-c3cccnc3)nc2c1=O. The predicted octanol–water partition coefficient (Wildman–Crippen LogP) is -0.526. The summed E-state index contributed by atoms with van der Waals surface area (Å²) in [6.45, 7) is 0. The number of aromatic nitrogens is 6. The molecule has 3 aromatic heterocycles. The quantitative estimate of drug-likeness (QED) is 0.627. The Bertz CT molecular complexity index is 868. The number of pyridine rings is 1. The van der Waals surface area contributed by atoms with Gasteiger partial charge in [0.25, 0.3) is 5.56 Å². The standard InChI is InChI=1S/C11H8N6O2/c1-17-10(18)7-9(14-11(17)19)16-15-8(13-7)6-3-2-4-12-5-6/h2-5H,1H3,(H,14,16,19). The minimum atomic E-state index is -0.553. The summed E-state index contributed by atoms with van der Waals surface area (Å²) in [6, 6.07) is 3.49. The van der Waals surface area contributed by atoms with Gasteiger partial charge in [-0.05, 0) is 12.1 Å². The molecule has 0 saturated heterocycles. The van der Waals surface area contributed by atoms with Crippen LogP contribution in [0, 0.1) is 0 Å². The maximum absolute atomic E-state index is 11.9. The van der Waals surface area contributed by atoms with E-state index in [0.29, 0.717) is 5.56 Å². The lowest BCUT2D eigenvalue weighted by molar-refractivity contribution is 0.781. The van der Waals surface area contributed by atoms with Crippen LogP contribution in [0.25, 0.3) is 22.6 Å². The topological polar surface area (TPSA) is 106 Å². The molecule has 94 valence electrons. The summed E-state index contributed by atoms with van der Waals surface area (Å²) in [6.07, 6.45) is 3.19. The highest BCUT2D eigenvalue weighted by molar-refractivity contribution is 5.70. The van der Waals surface area contributed by atoms with Gasteiger partial charge in [0.05, 0.1) is 0 Å². The number of nitrogens with zero attached hydrogens (tertiary/aromatic N) is 5. The van der Waals surface area contributed by atoms with Gasteiger partial charge in [0.1, 0.15) is 0 Å². The van der Waals surface area contributed by atoms with Crippen molar-refractivity contribution in [2.75, 3.05) is 0 Å². The molecular weight excluding hydrogens is 248 g/mol.